The highest BCUT2D eigenvalue weighted by Gasteiger charge is 2.30. The van der Waals surface area contributed by atoms with E-state index in [-0.39, 0.29) is 18.4 Å². The molecule has 2 atom stereocenters. The number of carbonyl (C=O) groups is 2. The van der Waals surface area contributed by atoms with Gasteiger partial charge in [0.2, 0.25) is 0 Å². The molecule has 1 heterocycles. The number of hydrogen-bond acceptors (Lipinski definition) is 3. The van der Waals surface area contributed by atoms with E-state index in [0.717, 1.165) is 19.3 Å². The van der Waals surface area contributed by atoms with Gasteiger partial charge in [0.1, 0.15) is 0 Å². The number of rotatable bonds is 4. The second-order valence-electron chi connectivity index (χ2n) is 5.79. The average molecular weight is 300 g/mol. The van der Waals surface area contributed by atoms with Gasteiger partial charge in [0.05, 0.1) is 0 Å². The van der Waals surface area contributed by atoms with Crippen LogP contribution in [0.25, 0.3) is 0 Å². The number of nitrogens with one attached hydrogen (secondary N) is 1. The Hall–Kier alpha value is -0.910. The molecule has 0 bridgehead atoms. The largest absolute Gasteiger partial charge is 0.481 e. The summed E-state index contributed by atoms with van der Waals surface area (Å²) in [5, 5.41) is 12.5. The Kier molecular flexibility index (Phi) is 5.57. The quantitative estimate of drug-likeness (QED) is 0.835. The van der Waals surface area contributed by atoms with Crippen molar-refractivity contribution < 1.29 is 14.7 Å². The molecule has 1 aliphatic heterocycles. The fraction of sp³-hybridized carbons (Fsp3) is 0.857. The molecule has 2 N–H and O–H groups in total. The summed E-state index contributed by atoms with van der Waals surface area (Å²) in [4.78, 5) is 24.8. The van der Waals surface area contributed by atoms with E-state index in [2.05, 4.69) is 11.6 Å². The number of carboxylic acid groups (broad SMARTS) is 1. The molecule has 2 amide bonds. The van der Waals surface area contributed by atoms with Crippen molar-refractivity contribution in [1.82, 2.24) is 10.2 Å². The summed E-state index contributed by atoms with van der Waals surface area (Å²) in [5.41, 5.74) is 0. The first-order valence-corrected chi connectivity index (χ1v) is 8.69. The van der Waals surface area contributed by atoms with E-state index in [0.29, 0.717) is 24.4 Å². The minimum absolute atomic E-state index is 0.0322. The second kappa shape index (κ2) is 7.20. The maximum atomic E-state index is 12.2. The molecule has 114 valence electrons. The number of urea groups is 1. The first-order chi connectivity index (χ1) is 9.60. The van der Waals surface area contributed by atoms with Crippen LogP contribution in [0.5, 0.6) is 0 Å². The van der Waals surface area contributed by atoms with E-state index in [9.17, 15) is 9.59 Å². The van der Waals surface area contributed by atoms with Crippen LogP contribution in [0.4, 0.5) is 4.79 Å². The summed E-state index contributed by atoms with van der Waals surface area (Å²) in [6.45, 7) is 1.36. The Morgan fingerprint density at radius 3 is 2.55 bits per heavy atom. The van der Waals surface area contributed by atoms with E-state index >= 15 is 0 Å². The van der Waals surface area contributed by atoms with Crippen molar-refractivity contribution in [2.75, 3.05) is 19.3 Å². The molecular weight excluding hydrogens is 276 g/mol. The van der Waals surface area contributed by atoms with Crippen molar-refractivity contribution in [2.24, 2.45) is 5.92 Å². The van der Waals surface area contributed by atoms with E-state index in [1.807, 2.05) is 16.7 Å². The summed E-state index contributed by atoms with van der Waals surface area (Å²) in [6, 6.07) is 0.332. The van der Waals surface area contributed by atoms with Gasteiger partial charge in [-0.1, -0.05) is 6.42 Å². The number of thioether (sulfide) groups is 1. The summed E-state index contributed by atoms with van der Waals surface area (Å²) in [5.74, 6) is -0.511. The van der Waals surface area contributed by atoms with Crippen LogP contribution in [0.3, 0.4) is 0 Å². The minimum Gasteiger partial charge on any atom is -0.481 e. The molecular formula is C14H24N2O3S. The normalized spacial score (nSPS) is 27.6. The molecule has 2 fully saturated rings. The van der Waals surface area contributed by atoms with E-state index < -0.39 is 5.97 Å². The van der Waals surface area contributed by atoms with Crippen LogP contribution < -0.4 is 5.32 Å². The molecule has 0 radical (unpaired) electrons. The molecule has 1 aliphatic carbocycles. The lowest BCUT2D eigenvalue weighted by atomic mass is 9.94. The lowest BCUT2D eigenvalue weighted by molar-refractivity contribution is -0.138. The maximum Gasteiger partial charge on any atom is 0.317 e. The number of carbonyl (C=O) groups excluding carboxylic acids is 1. The van der Waals surface area contributed by atoms with Gasteiger partial charge in [0, 0.05) is 30.8 Å². The number of carboxylic acids is 1. The molecule has 2 rings (SSSR count). The number of likely N-dealkylation sites (tertiary alicyclic amines) is 1. The minimum atomic E-state index is -0.735. The smallest absolute Gasteiger partial charge is 0.317 e. The molecule has 0 spiro atoms. The van der Waals surface area contributed by atoms with Crippen LogP contribution in [0.15, 0.2) is 0 Å². The van der Waals surface area contributed by atoms with Crippen LogP contribution in [-0.4, -0.2) is 52.6 Å². The van der Waals surface area contributed by atoms with Gasteiger partial charge in [-0.05, 0) is 37.9 Å². The zero-order valence-electron chi connectivity index (χ0n) is 12.0. The van der Waals surface area contributed by atoms with Crippen molar-refractivity contribution in [3.63, 3.8) is 0 Å². The van der Waals surface area contributed by atoms with E-state index in [1.165, 1.54) is 12.8 Å². The van der Waals surface area contributed by atoms with Crippen LogP contribution >= 0.6 is 11.8 Å². The van der Waals surface area contributed by atoms with Gasteiger partial charge >= 0.3 is 12.0 Å². The van der Waals surface area contributed by atoms with Gasteiger partial charge in [-0.2, -0.15) is 11.8 Å². The van der Waals surface area contributed by atoms with E-state index in [4.69, 9.17) is 5.11 Å². The number of amides is 2. The molecule has 2 aliphatic rings. The van der Waals surface area contributed by atoms with Gasteiger partial charge in [-0.15, -0.1) is 0 Å². The first kappa shape index (κ1) is 15.5. The van der Waals surface area contributed by atoms with Crippen molar-refractivity contribution in [2.45, 2.75) is 49.8 Å². The average Bonchev–Trinajstić information content (AvgIpc) is 2.86. The van der Waals surface area contributed by atoms with Crippen molar-refractivity contribution in [3.05, 3.63) is 0 Å². The Labute approximate surface area is 124 Å². The summed E-state index contributed by atoms with van der Waals surface area (Å²) in [6.07, 6.45) is 7.39. The predicted octanol–water partition coefficient (Wildman–Crippen LogP) is 2.17. The fourth-order valence-corrected chi connectivity index (χ4v) is 4.15. The highest BCUT2D eigenvalue weighted by molar-refractivity contribution is 7.99. The van der Waals surface area contributed by atoms with Gasteiger partial charge in [0.25, 0.3) is 0 Å². The first-order valence-electron chi connectivity index (χ1n) is 7.40. The lowest BCUT2D eigenvalue weighted by Crippen LogP contribution is -2.49. The highest BCUT2D eigenvalue weighted by atomic mass is 32.2. The number of nitrogens with zero attached hydrogens (tertiary/aromatic N) is 1. The second-order valence-corrected chi connectivity index (χ2v) is 6.87. The summed E-state index contributed by atoms with van der Waals surface area (Å²) < 4.78 is 0. The highest BCUT2D eigenvalue weighted by Crippen LogP contribution is 2.28. The zero-order chi connectivity index (χ0) is 14.5. The molecule has 2 unspecified atom stereocenters. The standard InChI is InChI=1S/C14H24N2O3S/c1-20-12-4-2-3-11(12)15-14(19)16-7-5-10(6-8-16)9-13(17)18/h10-12H,2-9H2,1H3,(H,15,19)(H,17,18). The van der Waals surface area contributed by atoms with Crippen LogP contribution in [0.1, 0.15) is 38.5 Å². The molecule has 1 saturated carbocycles. The maximum absolute atomic E-state index is 12.2. The number of piperidine rings is 1. The molecule has 0 aromatic rings. The van der Waals surface area contributed by atoms with Gasteiger partial charge in [0.15, 0.2) is 0 Å². The SMILES string of the molecule is CSC1CCCC1NC(=O)N1CCC(CC(=O)O)CC1. The molecule has 0 aromatic carbocycles. The molecule has 0 aromatic heterocycles. The molecule has 5 nitrogen and oxygen atoms in total. The van der Waals surface area contributed by atoms with Crippen LogP contribution in [-0.2, 0) is 4.79 Å². The Morgan fingerprint density at radius 1 is 1.25 bits per heavy atom. The van der Waals surface area contributed by atoms with Crippen molar-refractivity contribution in [3.8, 4) is 0 Å². The Morgan fingerprint density at radius 2 is 1.95 bits per heavy atom. The molecule has 20 heavy (non-hydrogen) atoms. The Balaban J connectivity index is 1.75. The monoisotopic (exact) mass is 300 g/mol. The number of aliphatic carboxylic acids is 1. The van der Waals surface area contributed by atoms with Gasteiger partial charge in [-0.3, -0.25) is 4.79 Å². The van der Waals surface area contributed by atoms with Gasteiger partial charge < -0.3 is 15.3 Å². The summed E-state index contributed by atoms with van der Waals surface area (Å²) >= 11 is 1.84. The fourth-order valence-electron chi connectivity index (χ4n) is 3.21. The van der Waals surface area contributed by atoms with Crippen LogP contribution in [0, 0.1) is 5.92 Å². The van der Waals surface area contributed by atoms with E-state index in [1.54, 1.807) is 0 Å². The lowest BCUT2D eigenvalue weighted by Gasteiger charge is -2.33. The molecule has 6 heteroatoms. The summed E-state index contributed by atoms with van der Waals surface area (Å²) in [7, 11) is 0. The third kappa shape index (κ3) is 4.04. The van der Waals surface area contributed by atoms with Crippen molar-refractivity contribution >= 4 is 23.8 Å². The van der Waals surface area contributed by atoms with Gasteiger partial charge in [-0.25, -0.2) is 4.79 Å². The number of hydrogen-bond donors (Lipinski definition) is 2. The zero-order valence-corrected chi connectivity index (χ0v) is 12.8. The van der Waals surface area contributed by atoms with Crippen molar-refractivity contribution in [1.29, 1.82) is 0 Å². The third-order valence-corrected chi connectivity index (χ3v) is 5.60. The van der Waals surface area contributed by atoms with Crippen LogP contribution in [0.2, 0.25) is 0 Å². The topological polar surface area (TPSA) is 69.6 Å². The predicted molar refractivity (Wildman–Crippen MR) is 80.0 cm³/mol. The third-order valence-electron chi connectivity index (χ3n) is 4.43. The Bertz CT molecular complexity index is 356. The molecule has 1 saturated heterocycles.